The van der Waals surface area contributed by atoms with Crippen LogP contribution >= 0.6 is 11.6 Å². The van der Waals surface area contributed by atoms with E-state index in [1.807, 2.05) is 6.92 Å². The second-order valence-corrected chi connectivity index (χ2v) is 7.62. The zero-order valence-electron chi connectivity index (χ0n) is 16.9. The molecule has 0 bridgehead atoms. The zero-order valence-corrected chi connectivity index (χ0v) is 17.6. The molecule has 0 aliphatic carbocycles. The van der Waals surface area contributed by atoms with E-state index in [0.717, 1.165) is 0 Å². The third kappa shape index (κ3) is 3.46. The number of fused-ring (bicyclic) bond motifs is 2. The monoisotopic (exact) mass is 449 g/mol. The van der Waals surface area contributed by atoms with E-state index in [1.165, 1.54) is 35.4 Å². The van der Waals surface area contributed by atoms with Crippen molar-refractivity contribution in [2.75, 3.05) is 5.32 Å². The van der Waals surface area contributed by atoms with Crippen LogP contribution in [0.15, 0.2) is 59.9 Å². The van der Waals surface area contributed by atoms with Crippen molar-refractivity contribution in [2.24, 2.45) is 0 Å². The summed E-state index contributed by atoms with van der Waals surface area (Å²) in [6.45, 7) is 1.96. The molecular weight excluding hydrogens is 433 g/mol. The SMILES string of the molecule is CCC(Nc1ncnc2[nH]cnc12)c1nc2ccc(F)cc2c(=O)n1-c1cccc(Cl)c1. The summed E-state index contributed by atoms with van der Waals surface area (Å²) < 4.78 is 15.4. The second-order valence-electron chi connectivity index (χ2n) is 7.18. The average molecular weight is 450 g/mol. The number of benzene rings is 2. The molecule has 5 aromatic rings. The Kier molecular flexibility index (Phi) is 5.02. The van der Waals surface area contributed by atoms with E-state index in [-0.39, 0.29) is 10.9 Å². The van der Waals surface area contributed by atoms with Gasteiger partial charge in [0.05, 0.1) is 29.0 Å². The number of aromatic amines is 1. The lowest BCUT2D eigenvalue weighted by Crippen LogP contribution is -2.28. The minimum atomic E-state index is -0.506. The molecule has 160 valence electrons. The van der Waals surface area contributed by atoms with Crippen molar-refractivity contribution in [3.63, 3.8) is 0 Å². The van der Waals surface area contributed by atoms with Crippen LogP contribution in [0.1, 0.15) is 25.2 Å². The maximum atomic E-state index is 13.9. The van der Waals surface area contributed by atoms with Gasteiger partial charge in [-0.15, -0.1) is 0 Å². The van der Waals surface area contributed by atoms with Gasteiger partial charge in [-0.25, -0.2) is 24.3 Å². The smallest absolute Gasteiger partial charge is 0.266 e. The van der Waals surface area contributed by atoms with Gasteiger partial charge >= 0.3 is 0 Å². The van der Waals surface area contributed by atoms with Crippen LogP contribution in [-0.4, -0.2) is 29.5 Å². The molecule has 5 rings (SSSR count). The Hall–Kier alpha value is -3.85. The fourth-order valence-electron chi connectivity index (χ4n) is 3.66. The first-order valence-corrected chi connectivity index (χ1v) is 10.3. The van der Waals surface area contributed by atoms with Gasteiger partial charge in [0.25, 0.3) is 5.56 Å². The van der Waals surface area contributed by atoms with E-state index in [4.69, 9.17) is 16.6 Å². The molecule has 0 aliphatic rings. The van der Waals surface area contributed by atoms with Gasteiger partial charge in [0, 0.05) is 5.02 Å². The fraction of sp³-hybridized carbons (Fsp3) is 0.136. The second kappa shape index (κ2) is 8.01. The molecule has 0 saturated heterocycles. The Balaban J connectivity index is 1.74. The third-order valence-corrected chi connectivity index (χ3v) is 5.41. The number of rotatable bonds is 5. The summed E-state index contributed by atoms with van der Waals surface area (Å²) in [4.78, 5) is 33.9. The molecule has 1 unspecified atom stereocenters. The molecule has 8 nitrogen and oxygen atoms in total. The standard InChI is InChI=1S/C22H17ClFN7O/c1-2-16(29-20-18-19(26-10-25-18)27-11-28-20)21-30-17-7-6-13(24)9-15(17)22(32)31(21)14-5-3-4-12(23)8-14/h3-11,16H,2H2,1H3,(H2,25,26,27,28,29). The lowest BCUT2D eigenvalue weighted by molar-refractivity contribution is 0.628. The molecular formula is C22H17ClFN7O. The van der Waals surface area contributed by atoms with Gasteiger partial charge in [-0.1, -0.05) is 24.6 Å². The van der Waals surface area contributed by atoms with Gasteiger partial charge in [0.1, 0.15) is 23.5 Å². The van der Waals surface area contributed by atoms with Crippen LogP contribution < -0.4 is 10.9 Å². The molecule has 32 heavy (non-hydrogen) atoms. The molecule has 0 spiro atoms. The lowest BCUT2D eigenvalue weighted by atomic mass is 10.1. The van der Waals surface area contributed by atoms with Gasteiger partial charge in [-0.2, -0.15) is 0 Å². The van der Waals surface area contributed by atoms with Crippen molar-refractivity contribution in [3.05, 3.63) is 82.1 Å². The maximum absolute atomic E-state index is 13.9. The molecule has 0 radical (unpaired) electrons. The molecule has 0 fully saturated rings. The number of hydrogen-bond acceptors (Lipinski definition) is 6. The van der Waals surface area contributed by atoms with Gasteiger partial charge in [-0.05, 0) is 42.8 Å². The van der Waals surface area contributed by atoms with Gasteiger partial charge in [-0.3, -0.25) is 9.36 Å². The lowest BCUT2D eigenvalue weighted by Gasteiger charge is -2.22. The largest absolute Gasteiger partial charge is 0.358 e. The van der Waals surface area contributed by atoms with Crippen LogP contribution in [-0.2, 0) is 0 Å². The number of halogens is 2. The predicted molar refractivity (Wildman–Crippen MR) is 121 cm³/mol. The minimum Gasteiger partial charge on any atom is -0.358 e. The van der Waals surface area contributed by atoms with Crippen molar-refractivity contribution < 1.29 is 4.39 Å². The van der Waals surface area contributed by atoms with E-state index in [1.54, 1.807) is 24.3 Å². The van der Waals surface area contributed by atoms with Crippen LogP contribution in [0.4, 0.5) is 10.2 Å². The van der Waals surface area contributed by atoms with Crippen LogP contribution in [0.25, 0.3) is 27.8 Å². The van der Waals surface area contributed by atoms with Crippen LogP contribution in [0.5, 0.6) is 0 Å². The Morgan fingerprint density at radius 2 is 2.06 bits per heavy atom. The number of hydrogen-bond donors (Lipinski definition) is 2. The first-order valence-electron chi connectivity index (χ1n) is 9.94. The number of aromatic nitrogens is 6. The van der Waals surface area contributed by atoms with Gasteiger partial charge < -0.3 is 10.3 Å². The summed E-state index contributed by atoms with van der Waals surface area (Å²) >= 11 is 6.20. The fourth-order valence-corrected chi connectivity index (χ4v) is 3.84. The van der Waals surface area contributed by atoms with E-state index in [0.29, 0.717) is 45.5 Å². The number of anilines is 1. The molecule has 2 aromatic carbocycles. The molecule has 3 aromatic heterocycles. The van der Waals surface area contributed by atoms with E-state index >= 15 is 0 Å². The highest BCUT2D eigenvalue weighted by Gasteiger charge is 2.22. The van der Waals surface area contributed by atoms with Gasteiger partial charge in [0.2, 0.25) is 0 Å². The maximum Gasteiger partial charge on any atom is 0.266 e. The summed E-state index contributed by atoms with van der Waals surface area (Å²) in [5.74, 6) is 0.448. The Morgan fingerprint density at radius 1 is 1.19 bits per heavy atom. The Morgan fingerprint density at radius 3 is 2.88 bits per heavy atom. The summed E-state index contributed by atoms with van der Waals surface area (Å²) in [6, 6.07) is 10.5. The first-order chi connectivity index (χ1) is 15.5. The number of nitrogens with zero attached hydrogens (tertiary/aromatic N) is 5. The minimum absolute atomic E-state index is 0.181. The highest BCUT2D eigenvalue weighted by Crippen LogP contribution is 2.26. The average Bonchev–Trinajstić information content (AvgIpc) is 3.27. The highest BCUT2D eigenvalue weighted by atomic mass is 35.5. The Labute approximate surface area is 186 Å². The molecule has 10 heteroatoms. The topological polar surface area (TPSA) is 101 Å². The van der Waals surface area contributed by atoms with Crippen molar-refractivity contribution in [1.82, 2.24) is 29.5 Å². The molecule has 0 amide bonds. The van der Waals surface area contributed by atoms with E-state index < -0.39 is 11.9 Å². The summed E-state index contributed by atoms with van der Waals surface area (Å²) in [5, 5.41) is 3.99. The van der Waals surface area contributed by atoms with Crippen LogP contribution in [0.2, 0.25) is 5.02 Å². The zero-order chi connectivity index (χ0) is 22.2. The molecule has 0 saturated carbocycles. The number of H-pyrrole nitrogens is 1. The van der Waals surface area contributed by atoms with Crippen molar-refractivity contribution in [1.29, 1.82) is 0 Å². The molecule has 3 heterocycles. The van der Waals surface area contributed by atoms with Gasteiger partial charge in [0.15, 0.2) is 11.5 Å². The molecule has 1 atom stereocenters. The summed E-state index contributed by atoms with van der Waals surface area (Å²) in [7, 11) is 0. The van der Waals surface area contributed by atoms with Crippen LogP contribution in [0, 0.1) is 5.82 Å². The van der Waals surface area contributed by atoms with Crippen molar-refractivity contribution in [3.8, 4) is 5.69 Å². The highest BCUT2D eigenvalue weighted by molar-refractivity contribution is 6.30. The number of nitrogens with one attached hydrogen (secondary N) is 2. The molecule has 2 N–H and O–H groups in total. The first kappa shape index (κ1) is 20.1. The molecule has 0 aliphatic heterocycles. The summed E-state index contributed by atoms with van der Waals surface area (Å²) in [6.07, 6.45) is 3.54. The van der Waals surface area contributed by atoms with Crippen LogP contribution in [0.3, 0.4) is 0 Å². The normalized spacial score (nSPS) is 12.3. The number of imidazole rings is 1. The van der Waals surface area contributed by atoms with E-state index in [9.17, 15) is 9.18 Å². The third-order valence-electron chi connectivity index (χ3n) is 5.17. The van der Waals surface area contributed by atoms with Crippen molar-refractivity contribution >= 4 is 39.5 Å². The predicted octanol–water partition coefficient (Wildman–Crippen LogP) is 4.41. The Bertz CT molecular complexity index is 1510. The quantitative estimate of drug-likeness (QED) is 0.412. The van der Waals surface area contributed by atoms with E-state index in [2.05, 4.69) is 25.3 Å². The van der Waals surface area contributed by atoms with Crippen molar-refractivity contribution in [2.45, 2.75) is 19.4 Å². The summed E-state index contributed by atoms with van der Waals surface area (Å²) in [5.41, 5.74) is 1.71.